The van der Waals surface area contributed by atoms with Crippen molar-refractivity contribution in [1.29, 1.82) is 0 Å². The van der Waals surface area contributed by atoms with E-state index in [0.29, 0.717) is 13.1 Å². The van der Waals surface area contributed by atoms with Gasteiger partial charge in [0.05, 0.1) is 0 Å². The average Bonchev–Trinajstić information content (AvgIpc) is 2.33. The van der Waals surface area contributed by atoms with E-state index in [4.69, 9.17) is 4.74 Å². The van der Waals surface area contributed by atoms with Crippen LogP contribution in [-0.4, -0.2) is 31.0 Å². The molecule has 0 heterocycles. The fourth-order valence-electron chi connectivity index (χ4n) is 1.42. The van der Waals surface area contributed by atoms with Gasteiger partial charge in [0.15, 0.2) is 0 Å². The molecular formula is C14H22N2O2S. The number of rotatable bonds is 5. The Balaban J connectivity index is 2.25. The van der Waals surface area contributed by atoms with Gasteiger partial charge in [-0.05, 0) is 45.2 Å². The number of anilines is 1. The molecule has 0 fully saturated rings. The van der Waals surface area contributed by atoms with Crippen LogP contribution < -0.4 is 10.6 Å². The van der Waals surface area contributed by atoms with Crippen LogP contribution in [0.2, 0.25) is 0 Å². The number of ether oxygens (including phenoxy) is 1. The van der Waals surface area contributed by atoms with E-state index < -0.39 is 5.60 Å². The third-order valence-corrected chi connectivity index (χ3v) is 2.92. The first-order valence-corrected chi connectivity index (χ1v) is 7.48. The van der Waals surface area contributed by atoms with E-state index in [9.17, 15) is 4.79 Å². The number of carbonyl (C=O) groups excluding carboxylic acids is 1. The molecule has 4 nitrogen and oxygen atoms in total. The van der Waals surface area contributed by atoms with Gasteiger partial charge in [0.25, 0.3) is 0 Å². The van der Waals surface area contributed by atoms with Gasteiger partial charge in [-0.2, -0.15) is 0 Å². The van der Waals surface area contributed by atoms with Gasteiger partial charge < -0.3 is 15.4 Å². The number of nitrogens with one attached hydrogen (secondary N) is 2. The molecule has 0 spiro atoms. The van der Waals surface area contributed by atoms with Crippen LogP contribution in [0.4, 0.5) is 10.5 Å². The first-order valence-electron chi connectivity index (χ1n) is 6.25. The van der Waals surface area contributed by atoms with Gasteiger partial charge in [-0.3, -0.25) is 0 Å². The molecule has 1 aromatic rings. The summed E-state index contributed by atoms with van der Waals surface area (Å²) in [5, 5.41) is 5.96. The molecule has 106 valence electrons. The molecule has 0 unspecified atom stereocenters. The molecule has 0 bridgehead atoms. The van der Waals surface area contributed by atoms with Crippen LogP contribution in [0, 0.1) is 0 Å². The van der Waals surface area contributed by atoms with Crippen molar-refractivity contribution in [2.24, 2.45) is 0 Å². The van der Waals surface area contributed by atoms with Gasteiger partial charge in [0.2, 0.25) is 0 Å². The monoisotopic (exact) mass is 282 g/mol. The summed E-state index contributed by atoms with van der Waals surface area (Å²) in [6.45, 7) is 6.73. The summed E-state index contributed by atoms with van der Waals surface area (Å²) >= 11 is 1.70. The van der Waals surface area contributed by atoms with Gasteiger partial charge in [-0.25, -0.2) is 4.79 Å². The Hall–Kier alpha value is -1.36. The molecule has 5 heteroatoms. The van der Waals surface area contributed by atoms with Crippen LogP contribution in [0.15, 0.2) is 29.2 Å². The fraction of sp³-hybridized carbons (Fsp3) is 0.500. The molecule has 0 aliphatic heterocycles. The lowest BCUT2D eigenvalue weighted by atomic mass is 10.2. The molecule has 0 radical (unpaired) electrons. The van der Waals surface area contributed by atoms with E-state index in [0.717, 1.165) is 5.69 Å². The summed E-state index contributed by atoms with van der Waals surface area (Å²) in [6, 6.07) is 8.16. The first-order chi connectivity index (χ1) is 8.90. The topological polar surface area (TPSA) is 50.4 Å². The van der Waals surface area contributed by atoms with Crippen molar-refractivity contribution in [3.63, 3.8) is 0 Å². The van der Waals surface area contributed by atoms with Crippen molar-refractivity contribution in [2.45, 2.75) is 31.3 Å². The first kappa shape index (κ1) is 15.7. The highest BCUT2D eigenvalue weighted by molar-refractivity contribution is 7.98. The largest absolute Gasteiger partial charge is 0.444 e. The lowest BCUT2D eigenvalue weighted by Gasteiger charge is -2.19. The Labute approximate surface area is 119 Å². The maximum Gasteiger partial charge on any atom is 0.407 e. The van der Waals surface area contributed by atoms with Gasteiger partial charge in [0, 0.05) is 23.7 Å². The Morgan fingerprint density at radius 2 is 2.05 bits per heavy atom. The van der Waals surface area contributed by atoms with Gasteiger partial charge in [-0.15, -0.1) is 11.8 Å². The smallest absolute Gasteiger partial charge is 0.407 e. The second-order valence-corrected chi connectivity index (χ2v) is 5.97. The van der Waals surface area contributed by atoms with Gasteiger partial charge in [-0.1, -0.05) is 6.07 Å². The average molecular weight is 282 g/mol. The Morgan fingerprint density at radius 3 is 2.68 bits per heavy atom. The normalized spacial score (nSPS) is 10.9. The number of hydrogen-bond donors (Lipinski definition) is 2. The van der Waals surface area contributed by atoms with E-state index in [1.165, 1.54) is 4.90 Å². The molecule has 2 N–H and O–H groups in total. The molecule has 0 aliphatic rings. The molecule has 19 heavy (non-hydrogen) atoms. The molecule has 0 atom stereocenters. The Morgan fingerprint density at radius 1 is 1.32 bits per heavy atom. The zero-order valence-electron chi connectivity index (χ0n) is 11.9. The summed E-state index contributed by atoms with van der Waals surface area (Å²) in [5.41, 5.74) is 0.599. The molecule has 0 aromatic heterocycles. The van der Waals surface area contributed by atoms with E-state index in [1.807, 2.05) is 39.2 Å². The van der Waals surface area contributed by atoms with Crippen LogP contribution in [-0.2, 0) is 4.74 Å². The highest BCUT2D eigenvalue weighted by Crippen LogP contribution is 2.18. The maximum atomic E-state index is 11.4. The summed E-state index contributed by atoms with van der Waals surface area (Å²) in [6.07, 6.45) is 1.66. The number of thioether (sulfide) groups is 1. The SMILES string of the molecule is CSc1cccc(NCCNC(=O)OC(C)(C)C)c1. The number of amides is 1. The third-order valence-electron chi connectivity index (χ3n) is 2.19. The predicted molar refractivity (Wildman–Crippen MR) is 80.9 cm³/mol. The van der Waals surface area contributed by atoms with Crippen molar-refractivity contribution in [1.82, 2.24) is 5.32 Å². The minimum atomic E-state index is -0.454. The molecule has 0 saturated heterocycles. The lowest BCUT2D eigenvalue weighted by Crippen LogP contribution is -2.34. The van der Waals surface area contributed by atoms with Crippen molar-refractivity contribution in [3.8, 4) is 0 Å². The number of hydrogen-bond acceptors (Lipinski definition) is 4. The van der Waals surface area contributed by atoms with E-state index in [1.54, 1.807) is 11.8 Å². The molecule has 1 aromatic carbocycles. The fourth-order valence-corrected chi connectivity index (χ4v) is 1.88. The van der Waals surface area contributed by atoms with Crippen LogP contribution in [0.1, 0.15) is 20.8 Å². The molecule has 0 saturated carbocycles. The molecule has 1 amide bonds. The molecule has 1 rings (SSSR count). The number of alkyl carbamates (subject to hydrolysis) is 1. The molecule has 0 aliphatic carbocycles. The quantitative estimate of drug-likeness (QED) is 0.642. The van der Waals surface area contributed by atoms with Crippen LogP contribution >= 0.6 is 11.8 Å². The van der Waals surface area contributed by atoms with E-state index in [2.05, 4.69) is 22.8 Å². The number of carbonyl (C=O) groups is 1. The van der Waals surface area contributed by atoms with Gasteiger partial charge >= 0.3 is 6.09 Å². The minimum Gasteiger partial charge on any atom is -0.444 e. The molecular weight excluding hydrogens is 260 g/mol. The van der Waals surface area contributed by atoms with Crippen molar-refractivity contribution in [2.75, 3.05) is 24.7 Å². The lowest BCUT2D eigenvalue weighted by molar-refractivity contribution is 0.0530. The van der Waals surface area contributed by atoms with Crippen LogP contribution in [0.5, 0.6) is 0 Å². The predicted octanol–water partition coefficient (Wildman–Crippen LogP) is 3.35. The zero-order chi connectivity index (χ0) is 14.3. The summed E-state index contributed by atoms with van der Waals surface area (Å²) < 4.78 is 5.15. The van der Waals surface area contributed by atoms with Crippen molar-refractivity contribution in [3.05, 3.63) is 24.3 Å². The van der Waals surface area contributed by atoms with Crippen molar-refractivity contribution < 1.29 is 9.53 Å². The highest BCUT2D eigenvalue weighted by Gasteiger charge is 2.15. The Bertz CT molecular complexity index is 416. The summed E-state index contributed by atoms with van der Waals surface area (Å²) in [5.74, 6) is 0. The van der Waals surface area contributed by atoms with Gasteiger partial charge in [0.1, 0.15) is 5.60 Å². The minimum absolute atomic E-state index is 0.382. The number of benzene rings is 1. The summed E-state index contributed by atoms with van der Waals surface area (Å²) in [4.78, 5) is 12.6. The second kappa shape index (κ2) is 7.28. The maximum absolute atomic E-state index is 11.4. The highest BCUT2D eigenvalue weighted by atomic mass is 32.2. The third kappa shape index (κ3) is 6.96. The summed E-state index contributed by atoms with van der Waals surface area (Å²) in [7, 11) is 0. The van der Waals surface area contributed by atoms with Crippen LogP contribution in [0.25, 0.3) is 0 Å². The standard InChI is InChI=1S/C14H22N2O2S/c1-14(2,3)18-13(17)16-9-8-15-11-6-5-7-12(10-11)19-4/h5-7,10,15H,8-9H2,1-4H3,(H,16,17). The van der Waals surface area contributed by atoms with Crippen molar-refractivity contribution >= 4 is 23.5 Å². The van der Waals surface area contributed by atoms with E-state index >= 15 is 0 Å². The zero-order valence-corrected chi connectivity index (χ0v) is 12.8. The van der Waals surface area contributed by atoms with Crippen LogP contribution in [0.3, 0.4) is 0 Å². The Kier molecular flexibility index (Phi) is 6.02. The van der Waals surface area contributed by atoms with E-state index in [-0.39, 0.29) is 6.09 Å². The second-order valence-electron chi connectivity index (χ2n) is 5.09.